The molecule has 4 aromatic rings. The summed E-state index contributed by atoms with van der Waals surface area (Å²) < 4.78 is 16.0. The van der Waals surface area contributed by atoms with Gasteiger partial charge in [0.1, 0.15) is 0 Å². The van der Waals surface area contributed by atoms with Crippen molar-refractivity contribution in [2.45, 2.75) is 0 Å². The van der Waals surface area contributed by atoms with E-state index in [0.717, 1.165) is 5.56 Å². The molecule has 0 unspecified atom stereocenters. The van der Waals surface area contributed by atoms with Crippen LogP contribution in [0.2, 0.25) is 5.02 Å². The summed E-state index contributed by atoms with van der Waals surface area (Å²) in [6.45, 7) is 0. The van der Waals surface area contributed by atoms with Gasteiger partial charge in [0.25, 0.3) is 11.8 Å². The standard InChI is InChI=1S/C23H18ClN3O4/c1-29-19-11-10-14(13-20(19)30-2)21-26-23(31-27-21)15-6-5-7-16(12-15)25-22(28)17-8-3-4-9-18(17)24/h3-13H,1-2H3,(H,25,28). The van der Waals surface area contributed by atoms with Crippen LogP contribution >= 0.6 is 11.6 Å². The zero-order valence-electron chi connectivity index (χ0n) is 16.8. The summed E-state index contributed by atoms with van der Waals surface area (Å²) in [4.78, 5) is 17.0. The van der Waals surface area contributed by atoms with E-state index in [-0.39, 0.29) is 5.91 Å². The van der Waals surface area contributed by atoms with E-state index in [9.17, 15) is 4.79 Å². The lowest BCUT2D eigenvalue weighted by Gasteiger charge is -2.07. The van der Waals surface area contributed by atoms with E-state index >= 15 is 0 Å². The lowest BCUT2D eigenvalue weighted by molar-refractivity contribution is 0.102. The van der Waals surface area contributed by atoms with Gasteiger partial charge in [-0.2, -0.15) is 4.98 Å². The maximum atomic E-state index is 12.5. The maximum Gasteiger partial charge on any atom is 0.258 e. The molecule has 7 nitrogen and oxygen atoms in total. The van der Waals surface area contributed by atoms with Gasteiger partial charge in [-0.1, -0.05) is 35.0 Å². The molecule has 0 saturated heterocycles. The zero-order valence-corrected chi connectivity index (χ0v) is 17.5. The maximum absolute atomic E-state index is 12.5. The van der Waals surface area contributed by atoms with Gasteiger partial charge in [0.05, 0.1) is 24.8 Å². The van der Waals surface area contributed by atoms with Gasteiger partial charge in [-0.3, -0.25) is 4.79 Å². The van der Waals surface area contributed by atoms with Crippen molar-refractivity contribution in [1.29, 1.82) is 0 Å². The molecule has 4 rings (SSSR count). The Balaban J connectivity index is 1.57. The van der Waals surface area contributed by atoms with Crippen molar-refractivity contribution in [3.8, 4) is 34.3 Å². The summed E-state index contributed by atoms with van der Waals surface area (Å²) >= 11 is 6.10. The molecule has 1 amide bonds. The monoisotopic (exact) mass is 435 g/mol. The molecule has 1 heterocycles. The molecule has 0 aliphatic rings. The summed E-state index contributed by atoms with van der Waals surface area (Å²) in [5.41, 5.74) is 2.35. The predicted octanol–water partition coefficient (Wildman–Crippen LogP) is 5.33. The number of rotatable bonds is 6. The first-order valence-corrected chi connectivity index (χ1v) is 9.69. The fraction of sp³-hybridized carbons (Fsp3) is 0.0870. The Bertz CT molecular complexity index is 1240. The molecule has 1 N–H and O–H groups in total. The normalized spacial score (nSPS) is 10.5. The Hall–Kier alpha value is -3.84. The smallest absolute Gasteiger partial charge is 0.258 e. The van der Waals surface area contributed by atoms with Gasteiger partial charge in [-0.25, -0.2) is 0 Å². The number of hydrogen-bond acceptors (Lipinski definition) is 6. The molecule has 31 heavy (non-hydrogen) atoms. The van der Waals surface area contributed by atoms with Crippen LogP contribution < -0.4 is 14.8 Å². The van der Waals surface area contributed by atoms with E-state index in [1.165, 1.54) is 0 Å². The molecule has 0 radical (unpaired) electrons. The summed E-state index contributed by atoms with van der Waals surface area (Å²) in [5, 5.41) is 7.27. The number of nitrogens with zero attached hydrogens (tertiary/aromatic N) is 2. The highest BCUT2D eigenvalue weighted by atomic mass is 35.5. The van der Waals surface area contributed by atoms with Gasteiger partial charge in [-0.15, -0.1) is 0 Å². The van der Waals surface area contributed by atoms with E-state index in [2.05, 4.69) is 15.5 Å². The first kappa shape index (κ1) is 20.4. The highest BCUT2D eigenvalue weighted by Crippen LogP contribution is 2.32. The number of halogens is 1. The van der Waals surface area contributed by atoms with Gasteiger partial charge in [0.2, 0.25) is 5.82 Å². The number of hydrogen-bond donors (Lipinski definition) is 1. The quantitative estimate of drug-likeness (QED) is 0.440. The van der Waals surface area contributed by atoms with Crippen molar-refractivity contribution in [3.05, 3.63) is 77.3 Å². The zero-order chi connectivity index (χ0) is 21.8. The Kier molecular flexibility index (Phi) is 5.86. The van der Waals surface area contributed by atoms with Crippen LogP contribution in [0.5, 0.6) is 11.5 Å². The van der Waals surface area contributed by atoms with E-state index in [4.69, 9.17) is 25.6 Å². The molecule has 0 fully saturated rings. The number of nitrogens with one attached hydrogen (secondary N) is 1. The van der Waals surface area contributed by atoms with Crippen LogP contribution in [0.25, 0.3) is 22.8 Å². The Morgan fingerprint density at radius 3 is 2.52 bits per heavy atom. The predicted molar refractivity (Wildman–Crippen MR) is 118 cm³/mol. The first-order chi connectivity index (χ1) is 15.1. The van der Waals surface area contributed by atoms with Crippen molar-refractivity contribution < 1.29 is 18.8 Å². The average Bonchev–Trinajstić information content (AvgIpc) is 3.29. The van der Waals surface area contributed by atoms with Crippen LogP contribution in [0.4, 0.5) is 5.69 Å². The average molecular weight is 436 g/mol. The van der Waals surface area contributed by atoms with Crippen LogP contribution in [0.15, 0.2) is 71.3 Å². The Labute approximate surface area is 183 Å². The van der Waals surface area contributed by atoms with Gasteiger partial charge in [0, 0.05) is 16.8 Å². The molecule has 0 spiro atoms. The van der Waals surface area contributed by atoms with Crippen molar-refractivity contribution in [2.24, 2.45) is 0 Å². The van der Waals surface area contributed by atoms with E-state index in [1.807, 2.05) is 12.1 Å². The highest BCUT2D eigenvalue weighted by molar-refractivity contribution is 6.34. The van der Waals surface area contributed by atoms with Gasteiger partial charge < -0.3 is 19.3 Å². The van der Waals surface area contributed by atoms with Crippen molar-refractivity contribution in [3.63, 3.8) is 0 Å². The minimum atomic E-state index is -0.306. The van der Waals surface area contributed by atoms with Crippen LogP contribution in [0.3, 0.4) is 0 Å². The fourth-order valence-electron chi connectivity index (χ4n) is 3.01. The van der Waals surface area contributed by atoms with Gasteiger partial charge in [0.15, 0.2) is 11.5 Å². The molecule has 1 aromatic heterocycles. The number of carbonyl (C=O) groups excluding carboxylic acids is 1. The second kappa shape index (κ2) is 8.89. The second-order valence-corrected chi connectivity index (χ2v) is 6.91. The third-order valence-electron chi connectivity index (χ3n) is 4.55. The topological polar surface area (TPSA) is 86.5 Å². The number of ether oxygens (including phenoxy) is 2. The van der Waals surface area contributed by atoms with Gasteiger partial charge >= 0.3 is 0 Å². The lowest BCUT2D eigenvalue weighted by atomic mass is 10.1. The number of aromatic nitrogens is 2. The second-order valence-electron chi connectivity index (χ2n) is 6.51. The highest BCUT2D eigenvalue weighted by Gasteiger charge is 2.15. The number of amides is 1. The van der Waals surface area contributed by atoms with E-state index in [1.54, 1.807) is 68.8 Å². The molecular weight excluding hydrogens is 418 g/mol. The van der Waals surface area contributed by atoms with Crippen LogP contribution in [-0.4, -0.2) is 30.3 Å². The number of benzene rings is 3. The van der Waals surface area contributed by atoms with Crippen LogP contribution in [-0.2, 0) is 0 Å². The minimum Gasteiger partial charge on any atom is -0.493 e. The van der Waals surface area contributed by atoms with Gasteiger partial charge in [-0.05, 0) is 48.5 Å². The fourth-order valence-corrected chi connectivity index (χ4v) is 3.23. The van der Waals surface area contributed by atoms with E-state index in [0.29, 0.717) is 45.1 Å². The lowest BCUT2D eigenvalue weighted by Crippen LogP contribution is -2.12. The van der Waals surface area contributed by atoms with Crippen molar-refractivity contribution >= 4 is 23.2 Å². The van der Waals surface area contributed by atoms with Crippen LogP contribution in [0, 0.1) is 0 Å². The third-order valence-corrected chi connectivity index (χ3v) is 4.88. The SMILES string of the molecule is COc1ccc(-c2noc(-c3cccc(NC(=O)c4ccccc4Cl)c3)n2)cc1OC. The summed E-state index contributed by atoms with van der Waals surface area (Å²) in [6, 6.07) is 19.3. The first-order valence-electron chi connectivity index (χ1n) is 9.31. The number of carbonyl (C=O) groups is 1. The molecule has 0 atom stereocenters. The van der Waals surface area contributed by atoms with Crippen molar-refractivity contribution in [1.82, 2.24) is 10.1 Å². The summed E-state index contributed by atoms with van der Waals surface area (Å²) in [6.07, 6.45) is 0. The molecular formula is C23H18ClN3O4. The van der Waals surface area contributed by atoms with Crippen molar-refractivity contribution in [2.75, 3.05) is 19.5 Å². The molecule has 0 bridgehead atoms. The summed E-state index contributed by atoms with van der Waals surface area (Å²) in [5.74, 6) is 1.59. The molecule has 8 heteroatoms. The minimum absolute atomic E-state index is 0.306. The summed E-state index contributed by atoms with van der Waals surface area (Å²) in [7, 11) is 3.13. The number of methoxy groups -OCH3 is 2. The third kappa shape index (κ3) is 4.36. The molecule has 156 valence electrons. The number of anilines is 1. The molecule has 3 aromatic carbocycles. The molecule has 0 aliphatic heterocycles. The van der Waals surface area contributed by atoms with Crippen LogP contribution in [0.1, 0.15) is 10.4 Å². The largest absolute Gasteiger partial charge is 0.493 e. The molecule has 0 aliphatic carbocycles. The molecule has 0 saturated carbocycles. The van der Waals surface area contributed by atoms with E-state index < -0.39 is 0 Å². The Morgan fingerprint density at radius 1 is 0.935 bits per heavy atom. The Morgan fingerprint density at radius 2 is 1.74 bits per heavy atom.